The van der Waals surface area contributed by atoms with Crippen molar-refractivity contribution in [3.8, 4) is 0 Å². The molecule has 1 heteroatoms. The lowest BCUT2D eigenvalue weighted by molar-refractivity contribution is 0.296. The van der Waals surface area contributed by atoms with E-state index in [-0.39, 0.29) is 0 Å². The van der Waals surface area contributed by atoms with Crippen molar-refractivity contribution >= 4 is 12.6 Å². The Balaban J connectivity index is 1.66. The highest BCUT2D eigenvalue weighted by atomic mass is 32.1. The minimum Gasteiger partial charge on any atom is -0.176 e. The average molecular weight is 208 g/mol. The molecule has 4 aliphatic carbocycles. The van der Waals surface area contributed by atoms with Crippen molar-refractivity contribution in [3.05, 3.63) is 0 Å². The van der Waals surface area contributed by atoms with E-state index in [1.54, 1.807) is 32.1 Å². The van der Waals surface area contributed by atoms with E-state index in [0.717, 1.165) is 34.3 Å². The largest absolute Gasteiger partial charge is 0.176 e. The van der Waals surface area contributed by atoms with E-state index in [0.29, 0.717) is 0 Å². The van der Waals surface area contributed by atoms with Crippen LogP contribution in [0.25, 0.3) is 0 Å². The van der Waals surface area contributed by atoms with Crippen LogP contribution in [0.2, 0.25) is 0 Å². The van der Waals surface area contributed by atoms with E-state index < -0.39 is 0 Å². The van der Waals surface area contributed by atoms with E-state index in [2.05, 4.69) is 0 Å². The zero-order valence-electron chi connectivity index (χ0n) is 8.78. The maximum Gasteiger partial charge on any atom is 0.00480 e. The normalized spacial score (nSPS) is 57.6. The number of rotatable bonds is 0. The highest BCUT2D eigenvalue weighted by Crippen LogP contribution is 2.71. The predicted octanol–water partition coefficient (Wildman–Crippen LogP) is 3.52. The van der Waals surface area contributed by atoms with E-state index >= 15 is 0 Å². The van der Waals surface area contributed by atoms with Crippen LogP contribution in [-0.4, -0.2) is 5.25 Å². The second kappa shape index (κ2) is 2.53. The molecule has 0 saturated heterocycles. The van der Waals surface area contributed by atoms with E-state index in [1.807, 2.05) is 0 Å². The molecule has 0 aromatic rings. The SMILES string of the molecule is SC1CCC2C1CC1C2CCC12CC2. The molecule has 0 aliphatic heterocycles. The summed E-state index contributed by atoms with van der Waals surface area (Å²) in [7, 11) is 0. The summed E-state index contributed by atoms with van der Waals surface area (Å²) in [6.45, 7) is 0. The molecule has 0 amide bonds. The van der Waals surface area contributed by atoms with Gasteiger partial charge in [0.1, 0.15) is 0 Å². The number of hydrogen-bond donors (Lipinski definition) is 1. The van der Waals surface area contributed by atoms with E-state index in [4.69, 9.17) is 12.6 Å². The lowest BCUT2D eigenvalue weighted by atomic mass is 9.86. The molecule has 0 N–H and O–H groups in total. The monoisotopic (exact) mass is 208 g/mol. The summed E-state index contributed by atoms with van der Waals surface area (Å²) in [6.07, 6.45) is 10.8. The van der Waals surface area contributed by atoms with Gasteiger partial charge < -0.3 is 0 Å². The van der Waals surface area contributed by atoms with Crippen LogP contribution in [0.4, 0.5) is 0 Å². The second-order valence-electron chi connectivity index (χ2n) is 6.38. The van der Waals surface area contributed by atoms with Crippen LogP contribution in [0.1, 0.15) is 44.9 Å². The molecule has 4 saturated carbocycles. The smallest absolute Gasteiger partial charge is 0.00480 e. The van der Waals surface area contributed by atoms with Crippen LogP contribution in [0.15, 0.2) is 0 Å². The molecule has 0 radical (unpaired) electrons. The van der Waals surface area contributed by atoms with Crippen molar-refractivity contribution in [2.24, 2.45) is 29.1 Å². The van der Waals surface area contributed by atoms with Crippen molar-refractivity contribution in [2.75, 3.05) is 0 Å². The Morgan fingerprint density at radius 1 is 0.857 bits per heavy atom. The fraction of sp³-hybridized carbons (Fsp3) is 1.00. The third-order valence-electron chi connectivity index (χ3n) is 6.09. The summed E-state index contributed by atoms with van der Waals surface area (Å²) in [5, 5.41) is 0.765. The Morgan fingerprint density at radius 3 is 2.50 bits per heavy atom. The molecule has 14 heavy (non-hydrogen) atoms. The van der Waals surface area contributed by atoms with Gasteiger partial charge in [0.2, 0.25) is 0 Å². The van der Waals surface area contributed by atoms with E-state index in [1.165, 1.54) is 12.8 Å². The first-order valence-electron chi connectivity index (χ1n) is 6.48. The van der Waals surface area contributed by atoms with Gasteiger partial charge in [0.05, 0.1) is 0 Å². The van der Waals surface area contributed by atoms with Crippen molar-refractivity contribution in [1.82, 2.24) is 0 Å². The first-order chi connectivity index (χ1) is 6.80. The van der Waals surface area contributed by atoms with Crippen molar-refractivity contribution < 1.29 is 0 Å². The molecule has 5 unspecified atom stereocenters. The van der Waals surface area contributed by atoms with Gasteiger partial charge in [0, 0.05) is 5.25 Å². The molecule has 0 aromatic carbocycles. The quantitative estimate of drug-likeness (QED) is 0.579. The van der Waals surface area contributed by atoms with Crippen LogP contribution >= 0.6 is 12.6 Å². The number of hydrogen-bond acceptors (Lipinski definition) is 1. The second-order valence-corrected chi connectivity index (χ2v) is 7.04. The highest BCUT2D eigenvalue weighted by Gasteiger charge is 2.62. The van der Waals surface area contributed by atoms with Gasteiger partial charge in [-0.25, -0.2) is 0 Å². The predicted molar refractivity (Wildman–Crippen MR) is 61.5 cm³/mol. The van der Waals surface area contributed by atoms with Crippen molar-refractivity contribution in [1.29, 1.82) is 0 Å². The third kappa shape index (κ3) is 0.887. The lowest BCUT2D eigenvalue weighted by Gasteiger charge is -2.19. The molecule has 4 aliphatic rings. The van der Waals surface area contributed by atoms with Gasteiger partial charge in [-0.3, -0.25) is 0 Å². The summed E-state index contributed by atoms with van der Waals surface area (Å²) in [4.78, 5) is 0. The van der Waals surface area contributed by atoms with E-state index in [9.17, 15) is 0 Å². The van der Waals surface area contributed by atoms with Crippen LogP contribution in [-0.2, 0) is 0 Å². The molecule has 4 rings (SSSR count). The molecular formula is C13H20S. The van der Waals surface area contributed by atoms with Crippen molar-refractivity contribution in [3.63, 3.8) is 0 Å². The molecule has 5 atom stereocenters. The molecule has 78 valence electrons. The Labute approximate surface area is 92.3 Å². The zero-order chi connectivity index (χ0) is 9.34. The van der Waals surface area contributed by atoms with Gasteiger partial charge in [0.15, 0.2) is 0 Å². The summed E-state index contributed by atoms with van der Waals surface area (Å²) in [5.41, 5.74) is 0.891. The number of thiol groups is 1. The standard InChI is InChI=1S/C13H20S/c14-12-2-1-8-9-3-4-13(5-6-13)11(9)7-10(8)12/h8-12,14H,1-7H2. The summed E-state index contributed by atoms with van der Waals surface area (Å²) < 4.78 is 0. The molecule has 0 aromatic heterocycles. The Hall–Kier alpha value is 0.350. The summed E-state index contributed by atoms with van der Waals surface area (Å²) in [6, 6.07) is 0. The molecule has 1 spiro atoms. The van der Waals surface area contributed by atoms with Crippen LogP contribution in [0.3, 0.4) is 0 Å². The first kappa shape index (κ1) is 8.50. The highest BCUT2D eigenvalue weighted by molar-refractivity contribution is 7.81. The van der Waals surface area contributed by atoms with Gasteiger partial charge >= 0.3 is 0 Å². The third-order valence-corrected chi connectivity index (χ3v) is 6.73. The van der Waals surface area contributed by atoms with Gasteiger partial charge in [-0.2, -0.15) is 12.6 Å². The summed E-state index contributed by atoms with van der Waals surface area (Å²) >= 11 is 4.79. The van der Waals surface area contributed by atoms with Crippen LogP contribution in [0, 0.1) is 29.1 Å². The lowest BCUT2D eigenvalue weighted by Crippen LogP contribution is -2.13. The minimum atomic E-state index is 0.765. The zero-order valence-corrected chi connectivity index (χ0v) is 9.68. The Kier molecular flexibility index (Phi) is 1.54. The molecule has 0 nitrogen and oxygen atoms in total. The molecular weight excluding hydrogens is 188 g/mol. The Bertz CT molecular complexity index is 268. The first-order valence-corrected chi connectivity index (χ1v) is 7.00. The molecule has 0 bridgehead atoms. The van der Waals surface area contributed by atoms with Crippen LogP contribution in [0.5, 0.6) is 0 Å². The Morgan fingerprint density at radius 2 is 1.71 bits per heavy atom. The minimum absolute atomic E-state index is 0.765. The molecule has 4 fully saturated rings. The van der Waals surface area contributed by atoms with Gasteiger partial charge in [-0.1, -0.05) is 0 Å². The topological polar surface area (TPSA) is 0 Å². The fourth-order valence-corrected chi connectivity index (χ4v) is 5.74. The number of fused-ring (bicyclic) bond motifs is 4. The maximum absolute atomic E-state index is 4.79. The summed E-state index contributed by atoms with van der Waals surface area (Å²) in [5.74, 6) is 4.40. The van der Waals surface area contributed by atoms with Crippen molar-refractivity contribution in [2.45, 2.75) is 50.2 Å². The van der Waals surface area contributed by atoms with Gasteiger partial charge in [-0.05, 0) is 74.0 Å². The van der Waals surface area contributed by atoms with Crippen LogP contribution < -0.4 is 0 Å². The van der Waals surface area contributed by atoms with Gasteiger partial charge in [-0.15, -0.1) is 0 Å². The van der Waals surface area contributed by atoms with Gasteiger partial charge in [0.25, 0.3) is 0 Å². The maximum atomic E-state index is 4.79. The fourth-order valence-electron chi connectivity index (χ4n) is 5.25. The average Bonchev–Trinajstić information content (AvgIpc) is 2.57. The molecule has 0 heterocycles.